The summed E-state index contributed by atoms with van der Waals surface area (Å²) in [6.07, 6.45) is -4.16. The summed E-state index contributed by atoms with van der Waals surface area (Å²) in [5.41, 5.74) is 5.07. The Balaban J connectivity index is 2.75. The van der Waals surface area contributed by atoms with Gasteiger partial charge in [-0.15, -0.1) is 0 Å². The van der Waals surface area contributed by atoms with Gasteiger partial charge in [0.25, 0.3) is 0 Å². The molecular formula is C15H28F3N3O2. The lowest BCUT2D eigenvalue weighted by Gasteiger charge is -2.35. The number of nitrogens with zero attached hydrogens (tertiary/aromatic N) is 2. The fourth-order valence-electron chi connectivity index (χ4n) is 2.67. The lowest BCUT2D eigenvalue weighted by Crippen LogP contribution is -2.56. The zero-order valence-electron chi connectivity index (χ0n) is 14.3. The van der Waals surface area contributed by atoms with Crippen LogP contribution in [0.25, 0.3) is 0 Å². The van der Waals surface area contributed by atoms with Crippen LogP contribution in [-0.2, 0) is 4.74 Å². The third kappa shape index (κ3) is 6.18. The SMILES string of the molecule is CCC(N)C(N1CCCN(C(=O)OC(C)(C)C)CC1)C(F)(F)F. The number of carbonyl (C=O) groups excluding carboxylic acids is 1. The van der Waals surface area contributed by atoms with E-state index >= 15 is 0 Å². The van der Waals surface area contributed by atoms with Crippen molar-refractivity contribution in [3.63, 3.8) is 0 Å². The number of halogens is 3. The normalized spacial score (nSPS) is 20.8. The number of alkyl halides is 3. The quantitative estimate of drug-likeness (QED) is 0.859. The number of carbonyl (C=O) groups is 1. The van der Waals surface area contributed by atoms with Crippen LogP contribution in [0, 0.1) is 0 Å². The first kappa shape index (κ1) is 20.0. The molecule has 2 unspecified atom stereocenters. The topological polar surface area (TPSA) is 58.8 Å². The van der Waals surface area contributed by atoms with Crippen LogP contribution in [0.15, 0.2) is 0 Å². The van der Waals surface area contributed by atoms with E-state index < -0.39 is 30.0 Å². The molecule has 8 heteroatoms. The summed E-state index contributed by atoms with van der Waals surface area (Å²) in [5.74, 6) is 0. The number of nitrogens with two attached hydrogens (primary N) is 1. The molecule has 0 aromatic rings. The largest absolute Gasteiger partial charge is 0.444 e. The van der Waals surface area contributed by atoms with Crippen molar-refractivity contribution in [2.24, 2.45) is 5.73 Å². The van der Waals surface area contributed by atoms with E-state index in [9.17, 15) is 18.0 Å². The average molecular weight is 339 g/mol. The number of amides is 1. The van der Waals surface area contributed by atoms with Crippen molar-refractivity contribution in [3.05, 3.63) is 0 Å². The van der Waals surface area contributed by atoms with Gasteiger partial charge in [-0.3, -0.25) is 4.90 Å². The Morgan fingerprint density at radius 3 is 2.26 bits per heavy atom. The predicted molar refractivity (Wildman–Crippen MR) is 82.1 cm³/mol. The van der Waals surface area contributed by atoms with Gasteiger partial charge >= 0.3 is 12.3 Å². The molecule has 2 N–H and O–H groups in total. The van der Waals surface area contributed by atoms with Gasteiger partial charge in [-0.1, -0.05) is 6.92 Å². The standard InChI is InChI=1S/C15H28F3N3O2/c1-5-11(19)12(15(16,17)18)20-7-6-8-21(10-9-20)13(22)23-14(2,3)4/h11-12H,5-10,19H2,1-4H3. The van der Waals surface area contributed by atoms with Crippen LogP contribution in [-0.4, -0.2) is 65.9 Å². The van der Waals surface area contributed by atoms with Gasteiger partial charge in [0.2, 0.25) is 0 Å². The molecule has 1 aliphatic heterocycles. The van der Waals surface area contributed by atoms with Gasteiger partial charge in [-0.2, -0.15) is 13.2 Å². The minimum atomic E-state index is -4.38. The van der Waals surface area contributed by atoms with E-state index in [2.05, 4.69) is 0 Å². The molecule has 0 bridgehead atoms. The predicted octanol–water partition coefficient (Wildman–Crippen LogP) is 2.60. The Morgan fingerprint density at radius 1 is 1.17 bits per heavy atom. The second-order valence-corrected chi connectivity index (χ2v) is 6.92. The van der Waals surface area contributed by atoms with E-state index in [-0.39, 0.29) is 26.1 Å². The highest BCUT2D eigenvalue weighted by atomic mass is 19.4. The number of hydrogen-bond donors (Lipinski definition) is 1. The van der Waals surface area contributed by atoms with Gasteiger partial charge in [-0.25, -0.2) is 4.79 Å². The van der Waals surface area contributed by atoms with E-state index in [0.29, 0.717) is 13.0 Å². The lowest BCUT2D eigenvalue weighted by molar-refractivity contribution is -0.189. The second kappa shape index (κ2) is 7.70. The molecule has 1 saturated heterocycles. The molecule has 0 radical (unpaired) electrons. The molecule has 1 heterocycles. The van der Waals surface area contributed by atoms with Crippen LogP contribution in [0.2, 0.25) is 0 Å². The van der Waals surface area contributed by atoms with Crippen LogP contribution in [0.3, 0.4) is 0 Å². The first-order valence-corrected chi connectivity index (χ1v) is 8.00. The summed E-state index contributed by atoms with van der Waals surface area (Å²) in [4.78, 5) is 14.9. The fraction of sp³-hybridized carbons (Fsp3) is 0.933. The smallest absolute Gasteiger partial charge is 0.410 e. The molecule has 0 spiro atoms. The first-order chi connectivity index (χ1) is 10.5. The average Bonchev–Trinajstić information content (AvgIpc) is 2.61. The van der Waals surface area contributed by atoms with Gasteiger partial charge < -0.3 is 15.4 Å². The third-order valence-electron chi connectivity index (χ3n) is 3.79. The van der Waals surface area contributed by atoms with Crippen molar-refractivity contribution < 1.29 is 22.7 Å². The molecule has 1 rings (SSSR count). The van der Waals surface area contributed by atoms with Crippen molar-refractivity contribution in [1.82, 2.24) is 9.80 Å². The van der Waals surface area contributed by atoms with Crippen molar-refractivity contribution >= 4 is 6.09 Å². The van der Waals surface area contributed by atoms with Gasteiger partial charge in [0.1, 0.15) is 11.6 Å². The number of hydrogen-bond acceptors (Lipinski definition) is 4. The fourth-order valence-corrected chi connectivity index (χ4v) is 2.67. The van der Waals surface area contributed by atoms with Gasteiger partial charge in [0.05, 0.1) is 0 Å². The minimum absolute atomic E-state index is 0.136. The zero-order chi connectivity index (χ0) is 17.8. The van der Waals surface area contributed by atoms with Gasteiger partial charge in [0.15, 0.2) is 0 Å². The van der Waals surface area contributed by atoms with E-state index in [0.717, 1.165) is 0 Å². The maximum atomic E-state index is 13.3. The maximum absolute atomic E-state index is 13.3. The molecule has 2 atom stereocenters. The van der Waals surface area contributed by atoms with Crippen LogP contribution >= 0.6 is 0 Å². The van der Waals surface area contributed by atoms with Crippen molar-refractivity contribution in [2.45, 2.75) is 64.4 Å². The molecule has 5 nitrogen and oxygen atoms in total. The van der Waals surface area contributed by atoms with Crippen LogP contribution in [0.4, 0.5) is 18.0 Å². The number of ether oxygens (including phenoxy) is 1. The van der Waals surface area contributed by atoms with E-state index in [1.807, 2.05) is 0 Å². The van der Waals surface area contributed by atoms with E-state index in [1.54, 1.807) is 27.7 Å². The Morgan fingerprint density at radius 2 is 1.78 bits per heavy atom. The molecule has 0 aromatic heterocycles. The summed E-state index contributed by atoms with van der Waals surface area (Å²) in [6, 6.07) is -2.64. The van der Waals surface area contributed by atoms with E-state index in [1.165, 1.54) is 9.80 Å². The monoisotopic (exact) mass is 339 g/mol. The van der Waals surface area contributed by atoms with Gasteiger partial charge in [-0.05, 0) is 33.6 Å². The zero-order valence-corrected chi connectivity index (χ0v) is 14.3. The Hall–Kier alpha value is -1.02. The summed E-state index contributed by atoms with van der Waals surface area (Å²) in [5, 5.41) is 0. The molecule has 0 saturated carbocycles. The van der Waals surface area contributed by atoms with Crippen LogP contribution in [0.1, 0.15) is 40.5 Å². The maximum Gasteiger partial charge on any atom is 0.410 e. The Kier molecular flexibility index (Phi) is 6.70. The summed E-state index contributed by atoms with van der Waals surface area (Å²) < 4.78 is 45.3. The summed E-state index contributed by atoms with van der Waals surface area (Å²) in [7, 11) is 0. The van der Waals surface area contributed by atoms with Gasteiger partial charge in [0, 0.05) is 32.2 Å². The Labute approximate surface area is 135 Å². The van der Waals surface area contributed by atoms with Crippen molar-refractivity contribution in [1.29, 1.82) is 0 Å². The van der Waals surface area contributed by atoms with E-state index in [4.69, 9.17) is 10.5 Å². The molecule has 23 heavy (non-hydrogen) atoms. The van der Waals surface area contributed by atoms with Crippen LogP contribution in [0.5, 0.6) is 0 Å². The van der Waals surface area contributed by atoms with Crippen molar-refractivity contribution in [2.75, 3.05) is 26.2 Å². The highest BCUT2D eigenvalue weighted by Gasteiger charge is 2.47. The third-order valence-corrected chi connectivity index (χ3v) is 3.79. The molecule has 0 aliphatic carbocycles. The highest BCUT2D eigenvalue weighted by molar-refractivity contribution is 5.68. The Bertz CT molecular complexity index is 396. The lowest BCUT2D eigenvalue weighted by atomic mass is 10.0. The summed E-state index contributed by atoms with van der Waals surface area (Å²) >= 11 is 0. The molecule has 1 amide bonds. The molecular weight excluding hydrogens is 311 g/mol. The van der Waals surface area contributed by atoms with Crippen LogP contribution < -0.4 is 5.73 Å². The number of rotatable bonds is 3. The molecule has 0 aromatic carbocycles. The molecule has 1 aliphatic rings. The minimum Gasteiger partial charge on any atom is -0.444 e. The second-order valence-electron chi connectivity index (χ2n) is 6.92. The molecule has 136 valence electrons. The summed E-state index contributed by atoms with van der Waals surface area (Å²) in [6.45, 7) is 7.91. The molecule has 1 fully saturated rings. The first-order valence-electron chi connectivity index (χ1n) is 8.00. The highest BCUT2D eigenvalue weighted by Crippen LogP contribution is 2.28. The van der Waals surface area contributed by atoms with Crippen molar-refractivity contribution in [3.8, 4) is 0 Å².